The van der Waals surface area contributed by atoms with Crippen LogP contribution < -0.4 is 5.32 Å². The fourth-order valence-electron chi connectivity index (χ4n) is 1.15. The Morgan fingerprint density at radius 2 is 2.24 bits per heavy atom. The molecule has 88 valence electrons. The number of aromatic nitrogens is 2. The number of carbonyl (C=O) groups is 1. The van der Waals surface area contributed by atoms with Gasteiger partial charge in [0.25, 0.3) is 5.91 Å². The maximum Gasteiger partial charge on any atom is 0.257 e. The number of benzene rings is 1. The van der Waals surface area contributed by atoms with E-state index in [0.717, 1.165) is 8.58 Å². The van der Waals surface area contributed by atoms with E-state index in [1.54, 1.807) is 18.2 Å². The van der Waals surface area contributed by atoms with Crippen LogP contribution in [0.15, 0.2) is 18.2 Å². The first-order chi connectivity index (χ1) is 8.06. The SMILES string of the molecule is Cc1nnc(NC(=O)c2ccc(Cl)c(I)c2)s1. The minimum Gasteiger partial charge on any atom is -0.296 e. The van der Waals surface area contributed by atoms with Crippen LogP contribution in [0, 0.1) is 10.5 Å². The van der Waals surface area contributed by atoms with E-state index in [-0.39, 0.29) is 5.91 Å². The summed E-state index contributed by atoms with van der Waals surface area (Å²) in [7, 11) is 0. The van der Waals surface area contributed by atoms with Gasteiger partial charge in [-0.05, 0) is 47.7 Å². The molecule has 0 atom stereocenters. The summed E-state index contributed by atoms with van der Waals surface area (Å²) in [5.74, 6) is -0.212. The lowest BCUT2D eigenvalue weighted by atomic mass is 10.2. The van der Waals surface area contributed by atoms with Crippen LogP contribution in [0.5, 0.6) is 0 Å². The van der Waals surface area contributed by atoms with Crippen molar-refractivity contribution in [3.05, 3.63) is 37.4 Å². The molecule has 0 saturated heterocycles. The summed E-state index contributed by atoms with van der Waals surface area (Å²) in [5.41, 5.74) is 0.548. The molecule has 0 saturated carbocycles. The molecule has 1 aromatic heterocycles. The Kier molecular flexibility index (Phi) is 3.95. The molecule has 1 N–H and O–H groups in total. The molecule has 0 radical (unpaired) electrons. The Labute approximate surface area is 121 Å². The first kappa shape index (κ1) is 12.7. The van der Waals surface area contributed by atoms with Crippen molar-refractivity contribution in [1.82, 2.24) is 10.2 Å². The van der Waals surface area contributed by atoms with E-state index in [1.165, 1.54) is 11.3 Å². The van der Waals surface area contributed by atoms with Crippen molar-refractivity contribution in [2.75, 3.05) is 5.32 Å². The summed E-state index contributed by atoms with van der Waals surface area (Å²) >= 11 is 9.31. The van der Waals surface area contributed by atoms with Gasteiger partial charge in [-0.15, -0.1) is 10.2 Å². The zero-order valence-corrected chi connectivity index (χ0v) is 12.4. The van der Waals surface area contributed by atoms with E-state index < -0.39 is 0 Å². The molecule has 17 heavy (non-hydrogen) atoms. The van der Waals surface area contributed by atoms with Crippen molar-refractivity contribution in [3.8, 4) is 0 Å². The number of amides is 1. The molecule has 2 rings (SSSR count). The number of anilines is 1. The maximum atomic E-state index is 11.9. The minimum absolute atomic E-state index is 0.212. The predicted molar refractivity (Wildman–Crippen MR) is 76.8 cm³/mol. The number of hydrogen-bond acceptors (Lipinski definition) is 4. The number of nitrogens with one attached hydrogen (secondary N) is 1. The molecule has 1 heterocycles. The van der Waals surface area contributed by atoms with Gasteiger partial charge in [0.15, 0.2) is 0 Å². The summed E-state index contributed by atoms with van der Waals surface area (Å²) in [6.07, 6.45) is 0. The standard InChI is InChI=1S/C10H7ClIN3OS/c1-5-14-15-10(17-5)13-9(16)6-2-3-7(11)8(12)4-6/h2-4H,1H3,(H,13,15,16). The van der Waals surface area contributed by atoms with Crippen LogP contribution in [-0.2, 0) is 0 Å². The van der Waals surface area contributed by atoms with Gasteiger partial charge in [0, 0.05) is 9.13 Å². The van der Waals surface area contributed by atoms with Gasteiger partial charge >= 0.3 is 0 Å². The normalized spacial score (nSPS) is 10.3. The smallest absolute Gasteiger partial charge is 0.257 e. The highest BCUT2D eigenvalue weighted by atomic mass is 127. The zero-order valence-electron chi connectivity index (χ0n) is 8.70. The largest absolute Gasteiger partial charge is 0.296 e. The summed E-state index contributed by atoms with van der Waals surface area (Å²) in [4.78, 5) is 11.9. The molecule has 0 fully saturated rings. The summed E-state index contributed by atoms with van der Waals surface area (Å²) in [5, 5.41) is 12.3. The highest BCUT2D eigenvalue weighted by molar-refractivity contribution is 14.1. The van der Waals surface area contributed by atoms with Gasteiger partial charge < -0.3 is 0 Å². The van der Waals surface area contributed by atoms with Crippen LogP contribution in [0.2, 0.25) is 5.02 Å². The second-order valence-electron chi connectivity index (χ2n) is 3.21. The van der Waals surface area contributed by atoms with Gasteiger partial charge in [-0.3, -0.25) is 10.1 Å². The molecular formula is C10H7ClIN3OS. The van der Waals surface area contributed by atoms with Crippen molar-refractivity contribution in [1.29, 1.82) is 0 Å². The number of halogens is 2. The lowest BCUT2D eigenvalue weighted by molar-refractivity contribution is 0.102. The van der Waals surface area contributed by atoms with Crippen LogP contribution in [0.3, 0.4) is 0 Å². The Morgan fingerprint density at radius 3 is 2.82 bits per heavy atom. The molecule has 2 aromatic rings. The van der Waals surface area contributed by atoms with Gasteiger partial charge in [0.2, 0.25) is 5.13 Å². The van der Waals surface area contributed by atoms with Crippen LogP contribution >= 0.6 is 45.5 Å². The summed E-state index contributed by atoms with van der Waals surface area (Å²) in [6, 6.07) is 5.10. The van der Waals surface area contributed by atoms with Gasteiger partial charge in [-0.1, -0.05) is 22.9 Å². The molecule has 0 bridgehead atoms. The van der Waals surface area contributed by atoms with E-state index >= 15 is 0 Å². The second-order valence-corrected chi connectivity index (χ2v) is 5.96. The molecule has 4 nitrogen and oxygen atoms in total. The van der Waals surface area contributed by atoms with E-state index in [0.29, 0.717) is 15.7 Å². The van der Waals surface area contributed by atoms with Crippen molar-refractivity contribution < 1.29 is 4.79 Å². The van der Waals surface area contributed by atoms with Crippen molar-refractivity contribution in [3.63, 3.8) is 0 Å². The average molecular weight is 380 g/mol. The number of aryl methyl sites for hydroxylation is 1. The van der Waals surface area contributed by atoms with Crippen LogP contribution in [-0.4, -0.2) is 16.1 Å². The zero-order chi connectivity index (χ0) is 12.4. The van der Waals surface area contributed by atoms with Gasteiger partial charge in [-0.25, -0.2) is 0 Å². The molecule has 0 unspecified atom stereocenters. The van der Waals surface area contributed by atoms with Crippen LogP contribution in [0.1, 0.15) is 15.4 Å². The first-order valence-corrected chi connectivity index (χ1v) is 6.90. The first-order valence-electron chi connectivity index (χ1n) is 4.63. The molecule has 0 aliphatic heterocycles. The Morgan fingerprint density at radius 1 is 1.47 bits per heavy atom. The van der Waals surface area contributed by atoms with Crippen LogP contribution in [0.25, 0.3) is 0 Å². The predicted octanol–water partition coefficient (Wildman–Crippen LogP) is 3.36. The topological polar surface area (TPSA) is 54.9 Å². The highest BCUT2D eigenvalue weighted by Crippen LogP contribution is 2.20. The molecule has 0 aliphatic carbocycles. The molecule has 0 spiro atoms. The van der Waals surface area contributed by atoms with E-state index in [2.05, 4.69) is 38.1 Å². The highest BCUT2D eigenvalue weighted by Gasteiger charge is 2.10. The Balaban J connectivity index is 2.17. The Bertz CT molecular complexity index is 572. The quantitative estimate of drug-likeness (QED) is 0.814. The van der Waals surface area contributed by atoms with Gasteiger partial charge in [0.1, 0.15) is 5.01 Å². The average Bonchev–Trinajstić information content (AvgIpc) is 2.68. The molecule has 1 aromatic carbocycles. The third kappa shape index (κ3) is 3.14. The number of carbonyl (C=O) groups excluding carboxylic acids is 1. The van der Waals surface area contributed by atoms with Crippen molar-refractivity contribution >= 4 is 56.6 Å². The molecule has 1 amide bonds. The van der Waals surface area contributed by atoms with Gasteiger partial charge in [-0.2, -0.15) is 0 Å². The number of nitrogens with zero attached hydrogens (tertiary/aromatic N) is 2. The number of hydrogen-bond donors (Lipinski definition) is 1. The third-order valence-corrected chi connectivity index (χ3v) is 4.22. The lowest BCUT2D eigenvalue weighted by Gasteiger charge is -2.02. The van der Waals surface area contributed by atoms with Crippen molar-refractivity contribution in [2.45, 2.75) is 6.92 Å². The molecule has 7 heteroatoms. The Hall–Kier alpha value is -0.730. The van der Waals surface area contributed by atoms with Crippen LogP contribution in [0.4, 0.5) is 5.13 Å². The van der Waals surface area contributed by atoms with E-state index in [4.69, 9.17) is 11.6 Å². The molecule has 0 aliphatic rings. The summed E-state index contributed by atoms with van der Waals surface area (Å²) < 4.78 is 0.838. The number of rotatable bonds is 2. The monoisotopic (exact) mass is 379 g/mol. The third-order valence-electron chi connectivity index (χ3n) is 1.93. The van der Waals surface area contributed by atoms with E-state index in [1.807, 2.05) is 6.92 Å². The van der Waals surface area contributed by atoms with Crippen molar-refractivity contribution in [2.24, 2.45) is 0 Å². The fourth-order valence-corrected chi connectivity index (χ4v) is 2.37. The minimum atomic E-state index is -0.212. The lowest BCUT2D eigenvalue weighted by Crippen LogP contribution is -2.11. The summed E-state index contributed by atoms with van der Waals surface area (Å²) in [6.45, 7) is 1.83. The van der Waals surface area contributed by atoms with Gasteiger partial charge in [0.05, 0.1) is 5.02 Å². The fraction of sp³-hybridized carbons (Fsp3) is 0.100. The maximum absolute atomic E-state index is 11.9. The second kappa shape index (κ2) is 5.28. The van der Waals surface area contributed by atoms with E-state index in [9.17, 15) is 4.79 Å². The molecular weight excluding hydrogens is 373 g/mol.